The molecule has 3 heteroatoms. The van der Waals surface area contributed by atoms with Crippen molar-refractivity contribution in [3.8, 4) is 0 Å². The molecule has 0 radical (unpaired) electrons. The summed E-state index contributed by atoms with van der Waals surface area (Å²) in [5.74, 6) is -1.06. The molecule has 0 saturated heterocycles. The molecule has 0 bridgehead atoms. The molecule has 1 nitrogen and oxygen atoms in total. The van der Waals surface area contributed by atoms with Gasteiger partial charge in [-0.2, -0.15) is 0 Å². The van der Waals surface area contributed by atoms with Crippen molar-refractivity contribution in [1.82, 2.24) is 0 Å². The van der Waals surface area contributed by atoms with E-state index in [0.29, 0.717) is 11.6 Å². The third-order valence-electron chi connectivity index (χ3n) is 4.56. The van der Waals surface area contributed by atoms with Crippen LogP contribution in [0, 0.1) is 17.6 Å². The Hall–Kier alpha value is -2.16. The molecule has 106 valence electrons. The lowest BCUT2D eigenvalue weighted by Crippen LogP contribution is -2.29. The highest BCUT2D eigenvalue weighted by molar-refractivity contribution is 5.60. The zero-order valence-corrected chi connectivity index (χ0v) is 11.4. The Morgan fingerprint density at radius 1 is 1.00 bits per heavy atom. The maximum atomic E-state index is 13.6. The lowest BCUT2D eigenvalue weighted by Gasteiger charge is -2.37. The van der Waals surface area contributed by atoms with Crippen LogP contribution in [0.3, 0.4) is 0 Å². The molecule has 0 aromatic heterocycles. The van der Waals surface area contributed by atoms with Gasteiger partial charge in [0, 0.05) is 17.7 Å². The SMILES string of the molecule is Fc1cc2c(cc1F)C1C=CCC1C(c1ccccc1)N2. The largest absolute Gasteiger partial charge is 0.378 e. The minimum Gasteiger partial charge on any atom is -0.378 e. The number of hydrogen-bond donors (Lipinski definition) is 1. The molecule has 2 aromatic carbocycles. The Morgan fingerprint density at radius 2 is 1.76 bits per heavy atom. The number of benzene rings is 2. The predicted octanol–water partition coefficient (Wildman–Crippen LogP) is 4.79. The lowest BCUT2D eigenvalue weighted by molar-refractivity contribution is 0.420. The van der Waals surface area contributed by atoms with Gasteiger partial charge >= 0.3 is 0 Å². The van der Waals surface area contributed by atoms with E-state index in [0.717, 1.165) is 12.0 Å². The summed E-state index contributed by atoms with van der Waals surface area (Å²) in [7, 11) is 0. The molecule has 0 saturated carbocycles. The number of hydrogen-bond acceptors (Lipinski definition) is 1. The molecule has 1 aliphatic heterocycles. The van der Waals surface area contributed by atoms with E-state index in [-0.39, 0.29) is 12.0 Å². The van der Waals surface area contributed by atoms with Gasteiger partial charge in [-0.25, -0.2) is 8.78 Å². The summed E-state index contributed by atoms with van der Waals surface area (Å²) in [5, 5.41) is 3.41. The fraction of sp³-hybridized carbons (Fsp3) is 0.222. The van der Waals surface area contributed by atoms with Crippen molar-refractivity contribution in [2.24, 2.45) is 5.92 Å². The molecule has 1 aliphatic carbocycles. The van der Waals surface area contributed by atoms with E-state index >= 15 is 0 Å². The summed E-state index contributed by atoms with van der Waals surface area (Å²) in [6.45, 7) is 0. The topological polar surface area (TPSA) is 12.0 Å². The minimum absolute atomic E-state index is 0.128. The van der Waals surface area contributed by atoms with Gasteiger partial charge in [-0.1, -0.05) is 42.5 Å². The summed E-state index contributed by atoms with van der Waals surface area (Å²) in [5.41, 5.74) is 2.75. The molecule has 3 atom stereocenters. The van der Waals surface area contributed by atoms with Gasteiger partial charge in [0.2, 0.25) is 0 Å². The third kappa shape index (κ3) is 1.96. The van der Waals surface area contributed by atoms with Crippen LogP contribution in [0.25, 0.3) is 0 Å². The highest BCUT2D eigenvalue weighted by atomic mass is 19.2. The van der Waals surface area contributed by atoms with Gasteiger partial charge in [-0.05, 0) is 29.5 Å². The van der Waals surface area contributed by atoms with E-state index in [4.69, 9.17) is 0 Å². The number of halogens is 2. The molecular weight excluding hydrogens is 268 g/mol. The molecule has 4 rings (SSSR count). The van der Waals surface area contributed by atoms with Crippen molar-refractivity contribution in [2.75, 3.05) is 5.32 Å². The van der Waals surface area contributed by atoms with E-state index in [1.165, 1.54) is 17.7 Å². The normalized spacial score (nSPS) is 26.1. The number of nitrogens with one attached hydrogen (secondary N) is 1. The van der Waals surface area contributed by atoms with Crippen molar-refractivity contribution in [1.29, 1.82) is 0 Å². The molecule has 1 N–H and O–H groups in total. The molecule has 2 aromatic rings. The van der Waals surface area contributed by atoms with Crippen LogP contribution in [0.2, 0.25) is 0 Å². The first-order valence-corrected chi connectivity index (χ1v) is 7.21. The number of rotatable bonds is 1. The van der Waals surface area contributed by atoms with Crippen molar-refractivity contribution >= 4 is 5.69 Å². The fourth-order valence-electron chi connectivity index (χ4n) is 3.58. The van der Waals surface area contributed by atoms with E-state index in [1.807, 2.05) is 18.2 Å². The number of anilines is 1. The highest BCUT2D eigenvalue weighted by Crippen LogP contribution is 2.50. The molecule has 0 fully saturated rings. The maximum absolute atomic E-state index is 13.6. The summed E-state index contributed by atoms with van der Waals surface area (Å²) in [4.78, 5) is 0. The van der Waals surface area contributed by atoms with Gasteiger partial charge in [0.15, 0.2) is 11.6 Å². The van der Waals surface area contributed by atoms with Gasteiger partial charge in [-0.15, -0.1) is 0 Å². The van der Waals surface area contributed by atoms with Gasteiger partial charge < -0.3 is 5.32 Å². The molecule has 0 amide bonds. The van der Waals surface area contributed by atoms with Crippen LogP contribution in [0.4, 0.5) is 14.5 Å². The second-order valence-electron chi connectivity index (χ2n) is 5.74. The smallest absolute Gasteiger partial charge is 0.160 e. The van der Waals surface area contributed by atoms with Crippen molar-refractivity contribution in [3.63, 3.8) is 0 Å². The van der Waals surface area contributed by atoms with Gasteiger partial charge in [0.1, 0.15) is 0 Å². The Balaban J connectivity index is 1.82. The van der Waals surface area contributed by atoms with Crippen LogP contribution >= 0.6 is 0 Å². The Morgan fingerprint density at radius 3 is 2.57 bits per heavy atom. The standard InChI is InChI=1S/C18H15F2N/c19-15-9-14-12-7-4-8-13(12)18(11-5-2-1-3-6-11)21-17(14)10-16(15)20/h1-7,9-10,12-13,18,21H,8H2. The molecule has 0 spiro atoms. The first-order valence-electron chi connectivity index (χ1n) is 7.21. The minimum atomic E-state index is -0.798. The average Bonchev–Trinajstić information content (AvgIpc) is 2.99. The number of allylic oxidation sites excluding steroid dienone is 2. The Labute approximate surface area is 122 Å². The zero-order valence-electron chi connectivity index (χ0n) is 11.4. The predicted molar refractivity (Wildman–Crippen MR) is 79.2 cm³/mol. The van der Waals surface area contributed by atoms with Crippen LogP contribution in [0.5, 0.6) is 0 Å². The Kier molecular flexibility index (Phi) is 2.81. The van der Waals surface area contributed by atoms with Crippen molar-refractivity contribution in [3.05, 3.63) is 77.4 Å². The summed E-state index contributed by atoms with van der Waals surface area (Å²) >= 11 is 0. The fourth-order valence-corrected chi connectivity index (χ4v) is 3.58. The third-order valence-corrected chi connectivity index (χ3v) is 4.56. The number of fused-ring (bicyclic) bond motifs is 3. The van der Waals surface area contributed by atoms with Gasteiger partial charge in [0.05, 0.1) is 6.04 Å². The van der Waals surface area contributed by atoms with E-state index in [2.05, 4.69) is 29.6 Å². The first-order chi connectivity index (χ1) is 10.2. The summed E-state index contributed by atoms with van der Waals surface area (Å²) in [6.07, 6.45) is 5.22. The zero-order chi connectivity index (χ0) is 14.4. The van der Waals surface area contributed by atoms with Crippen LogP contribution < -0.4 is 5.32 Å². The van der Waals surface area contributed by atoms with Crippen LogP contribution in [0.1, 0.15) is 29.5 Å². The average molecular weight is 283 g/mol. The summed E-state index contributed by atoms with van der Waals surface area (Å²) < 4.78 is 27.1. The van der Waals surface area contributed by atoms with Crippen LogP contribution in [0.15, 0.2) is 54.6 Å². The van der Waals surface area contributed by atoms with Crippen LogP contribution in [-0.2, 0) is 0 Å². The molecule has 3 unspecified atom stereocenters. The van der Waals surface area contributed by atoms with Gasteiger partial charge in [0.25, 0.3) is 0 Å². The van der Waals surface area contributed by atoms with Gasteiger partial charge in [-0.3, -0.25) is 0 Å². The lowest BCUT2D eigenvalue weighted by atomic mass is 9.77. The quantitative estimate of drug-likeness (QED) is 0.742. The Bertz CT molecular complexity index is 709. The molecule has 2 aliphatic rings. The summed E-state index contributed by atoms with van der Waals surface area (Å²) in [6, 6.07) is 12.9. The molecule has 21 heavy (non-hydrogen) atoms. The second-order valence-corrected chi connectivity index (χ2v) is 5.74. The van der Waals surface area contributed by atoms with E-state index in [1.54, 1.807) is 0 Å². The highest BCUT2D eigenvalue weighted by Gasteiger charge is 2.38. The first kappa shape index (κ1) is 12.6. The molecule has 1 heterocycles. The molecular formula is C18H15F2N. The maximum Gasteiger partial charge on any atom is 0.160 e. The van der Waals surface area contributed by atoms with Crippen LogP contribution in [-0.4, -0.2) is 0 Å². The second kappa shape index (κ2) is 4.69. The monoisotopic (exact) mass is 283 g/mol. The van der Waals surface area contributed by atoms with E-state index < -0.39 is 11.6 Å². The van der Waals surface area contributed by atoms with E-state index in [9.17, 15) is 8.78 Å². The van der Waals surface area contributed by atoms with Crippen molar-refractivity contribution < 1.29 is 8.78 Å². The van der Waals surface area contributed by atoms with Crippen molar-refractivity contribution in [2.45, 2.75) is 18.4 Å².